The van der Waals surface area contributed by atoms with Crippen LogP contribution in [0.4, 0.5) is 0 Å². The van der Waals surface area contributed by atoms with Crippen LogP contribution in [0.2, 0.25) is 5.02 Å². The molecule has 0 bridgehead atoms. The summed E-state index contributed by atoms with van der Waals surface area (Å²) in [6.07, 6.45) is 5.15. The van der Waals surface area contributed by atoms with Gasteiger partial charge in [-0.2, -0.15) is 0 Å². The zero-order chi connectivity index (χ0) is 19.3. The number of benzene rings is 2. The van der Waals surface area contributed by atoms with Crippen LogP contribution in [-0.2, 0) is 0 Å². The third-order valence-electron chi connectivity index (χ3n) is 5.35. The van der Waals surface area contributed by atoms with E-state index >= 15 is 0 Å². The summed E-state index contributed by atoms with van der Waals surface area (Å²) in [5, 5.41) is 10.7. The molecular weight excluding hydrogens is 388 g/mol. The predicted octanol–water partition coefficient (Wildman–Crippen LogP) is 5.55. The van der Waals surface area contributed by atoms with Crippen molar-refractivity contribution in [3.63, 3.8) is 0 Å². The van der Waals surface area contributed by atoms with Crippen LogP contribution in [0.5, 0.6) is 0 Å². The van der Waals surface area contributed by atoms with Crippen LogP contribution < -0.4 is 0 Å². The first-order valence-electron chi connectivity index (χ1n) is 9.82. The van der Waals surface area contributed by atoms with Crippen molar-refractivity contribution in [2.45, 2.75) is 36.9 Å². The lowest BCUT2D eigenvalue weighted by Crippen LogP contribution is -2.36. The number of piperidine rings is 1. The molecule has 1 aliphatic rings. The SMILES string of the molecule is CN1CCCCC1CCSc1nnc(-c2ccccc2)n1-c1ccc(Cl)cc1. The first-order valence-corrected chi connectivity index (χ1v) is 11.2. The maximum atomic E-state index is 6.10. The number of thioether (sulfide) groups is 1. The smallest absolute Gasteiger partial charge is 0.196 e. The zero-order valence-corrected chi connectivity index (χ0v) is 17.7. The van der Waals surface area contributed by atoms with Crippen LogP contribution in [0, 0.1) is 0 Å². The second-order valence-electron chi connectivity index (χ2n) is 7.25. The summed E-state index contributed by atoms with van der Waals surface area (Å²) >= 11 is 7.89. The first kappa shape index (κ1) is 19.5. The predicted molar refractivity (Wildman–Crippen MR) is 117 cm³/mol. The second kappa shape index (κ2) is 9.12. The van der Waals surface area contributed by atoms with E-state index in [4.69, 9.17) is 11.6 Å². The highest BCUT2D eigenvalue weighted by molar-refractivity contribution is 7.99. The normalized spacial score (nSPS) is 17.7. The molecule has 2 heterocycles. The Morgan fingerprint density at radius 2 is 1.82 bits per heavy atom. The Labute approximate surface area is 175 Å². The minimum Gasteiger partial charge on any atom is -0.303 e. The number of nitrogens with zero attached hydrogens (tertiary/aromatic N) is 4. The molecule has 1 fully saturated rings. The number of rotatable bonds is 6. The molecule has 0 N–H and O–H groups in total. The van der Waals surface area contributed by atoms with Crippen LogP contribution in [-0.4, -0.2) is 45.1 Å². The zero-order valence-electron chi connectivity index (χ0n) is 16.1. The van der Waals surface area contributed by atoms with Gasteiger partial charge in [-0.1, -0.05) is 60.1 Å². The fourth-order valence-electron chi connectivity index (χ4n) is 3.76. The third kappa shape index (κ3) is 4.43. The summed E-state index contributed by atoms with van der Waals surface area (Å²) in [6.45, 7) is 1.22. The molecule has 0 amide bonds. The standard InChI is InChI=1S/C22H25ClN4S/c1-26-15-6-5-9-19(26)14-16-28-22-25-24-21(17-7-3-2-4-8-17)27(22)20-12-10-18(23)11-13-20/h2-4,7-8,10-13,19H,5-6,9,14-16H2,1H3. The molecule has 1 atom stereocenters. The fraction of sp³-hybridized carbons (Fsp3) is 0.364. The van der Waals surface area contributed by atoms with Crippen molar-refractivity contribution in [1.82, 2.24) is 19.7 Å². The molecule has 0 aliphatic carbocycles. The van der Waals surface area contributed by atoms with Gasteiger partial charge in [0.05, 0.1) is 0 Å². The summed E-state index contributed by atoms with van der Waals surface area (Å²) in [5.41, 5.74) is 2.09. The molecule has 1 unspecified atom stereocenters. The molecule has 2 aromatic carbocycles. The van der Waals surface area contributed by atoms with E-state index in [1.54, 1.807) is 11.8 Å². The van der Waals surface area contributed by atoms with Crippen molar-refractivity contribution >= 4 is 23.4 Å². The molecule has 146 valence electrons. The van der Waals surface area contributed by atoms with Gasteiger partial charge in [0.25, 0.3) is 0 Å². The molecule has 1 saturated heterocycles. The third-order valence-corrected chi connectivity index (χ3v) is 6.57. The molecule has 6 heteroatoms. The molecular formula is C22H25ClN4S. The summed E-state index contributed by atoms with van der Waals surface area (Å²) < 4.78 is 2.14. The van der Waals surface area contributed by atoms with Gasteiger partial charge in [-0.3, -0.25) is 4.57 Å². The highest BCUT2D eigenvalue weighted by Crippen LogP contribution is 2.30. The van der Waals surface area contributed by atoms with Gasteiger partial charge in [-0.25, -0.2) is 0 Å². The number of hydrogen-bond donors (Lipinski definition) is 0. The number of halogens is 1. The highest BCUT2D eigenvalue weighted by Gasteiger charge is 2.20. The molecule has 0 spiro atoms. The largest absolute Gasteiger partial charge is 0.303 e. The van der Waals surface area contributed by atoms with Gasteiger partial charge in [0.15, 0.2) is 11.0 Å². The summed E-state index contributed by atoms with van der Waals surface area (Å²) in [5.74, 6) is 1.90. The van der Waals surface area contributed by atoms with Gasteiger partial charge in [-0.05, 0) is 57.1 Å². The van der Waals surface area contributed by atoms with Crippen LogP contribution in [0.15, 0.2) is 59.8 Å². The topological polar surface area (TPSA) is 34.0 Å². The van der Waals surface area contributed by atoms with Crippen molar-refractivity contribution in [2.24, 2.45) is 0 Å². The van der Waals surface area contributed by atoms with E-state index in [0.29, 0.717) is 6.04 Å². The van der Waals surface area contributed by atoms with Crippen molar-refractivity contribution in [3.05, 3.63) is 59.6 Å². The monoisotopic (exact) mass is 412 g/mol. The lowest BCUT2D eigenvalue weighted by atomic mass is 10.0. The van der Waals surface area contributed by atoms with Gasteiger partial charge in [0.2, 0.25) is 0 Å². The van der Waals surface area contributed by atoms with Gasteiger partial charge < -0.3 is 4.90 Å². The summed E-state index contributed by atoms with van der Waals surface area (Å²) in [6, 6.07) is 18.8. The number of aromatic nitrogens is 3. The molecule has 1 aromatic heterocycles. The van der Waals surface area contributed by atoms with Gasteiger partial charge in [-0.15, -0.1) is 10.2 Å². The highest BCUT2D eigenvalue weighted by atomic mass is 35.5. The van der Waals surface area contributed by atoms with E-state index in [0.717, 1.165) is 33.0 Å². The Balaban J connectivity index is 1.58. The van der Waals surface area contributed by atoms with E-state index < -0.39 is 0 Å². The van der Waals surface area contributed by atoms with Gasteiger partial charge >= 0.3 is 0 Å². The molecule has 4 rings (SSSR count). The summed E-state index contributed by atoms with van der Waals surface area (Å²) in [4.78, 5) is 2.50. The lowest BCUT2D eigenvalue weighted by Gasteiger charge is -2.32. The molecule has 0 radical (unpaired) electrons. The Morgan fingerprint density at radius 1 is 1.04 bits per heavy atom. The molecule has 28 heavy (non-hydrogen) atoms. The Bertz CT molecular complexity index is 895. The Morgan fingerprint density at radius 3 is 2.57 bits per heavy atom. The average Bonchev–Trinajstić information content (AvgIpc) is 3.14. The molecule has 1 aliphatic heterocycles. The second-order valence-corrected chi connectivity index (χ2v) is 8.75. The quantitative estimate of drug-likeness (QED) is 0.497. The minimum absolute atomic E-state index is 0.682. The van der Waals surface area contributed by atoms with Gasteiger partial charge in [0, 0.05) is 28.1 Å². The van der Waals surface area contributed by atoms with E-state index in [1.165, 1.54) is 32.2 Å². The Hall–Kier alpha value is -1.82. The first-order chi connectivity index (χ1) is 13.7. The number of hydrogen-bond acceptors (Lipinski definition) is 4. The van der Waals surface area contributed by atoms with Crippen molar-refractivity contribution < 1.29 is 0 Å². The van der Waals surface area contributed by atoms with Gasteiger partial charge in [0.1, 0.15) is 0 Å². The van der Waals surface area contributed by atoms with E-state index in [-0.39, 0.29) is 0 Å². The lowest BCUT2D eigenvalue weighted by molar-refractivity contribution is 0.182. The average molecular weight is 413 g/mol. The summed E-state index contributed by atoms with van der Waals surface area (Å²) in [7, 11) is 2.25. The van der Waals surface area contributed by atoms with E-state index in [1.807, 2.05) is 42.5 Å². The molecule has 3 aromatic rings. The van der Waals surface area contributed by atoms with E-state index in [9.17, 15) is 0 Å². The van der Waals surface area contributed by atoms with Crippen LogP contribution in [0.3, 0.4) is 0 Å². The van der Waals surface area contributed by atoms with Crippen LogP contribution >= 0.6 is 23.4 Å². The van der Waals surface area contributed by atoms with Crippen molar-refractivity contribution in [2.75, 3.05) is 19.3 Å². The van der Waals surface area contributed by atoms with E-state index in [2.05, 4.69) is 38.8 Å². The minimum atomic E-state index is 0.682. The Kier molecular flexibility index (Phi) is 6.35. The fourth-order valence-corrected chi connectivity index (χ4v) is 4.87. The molecule has 0 saturated carbocycles. The van der Waals surface area contributed by atoms with Crippen molar-refractivity contribution in [3.8, 4) is 17.1 Å². The van der Waals surface area contributed by atoms with Crippen LogP contribution in [0.1, 0.15) is 25.7 Å². The number of likely N-dealkylation sites (tertiary alicyclic amines) is 1. The van der Waals surface area contributed by atoms with Crippen molar-refractivity contribution in [1.29, 1.82) is 0 Å². The maximum Gasteiger partial charge on any atom is 0.196 e. The molecule has 4 nitrogen and oxygen atoms in total. The maximum absolute atomic E-state index is 6.10. The van der Waals surface area contributed by atoms with Crippen LogP contribution in [0.25, 0.3) is 17.1 Å².